The molecule has 8 heteroatoms. The quantitative estimate of drug-likeness (QED) is 0.364. The topological polar surface area (TPSA) is 128 Å². The minimum atomic E-state index is -1.07. The molecule has 1 fully saturated rings. The van der Waals surface area contributed by atoms with Crippen molar-refractivity contribution in [2.24, 2.45) is 17.5 Å². The molecule has 2 atom stereocenters. The highest BCUT2D eigenvalue weighted by Crippen LogP contribution is 2.19. The fourth-order valence-electron chi connectivity index (χ4n) is 1.95. The van der Waals surface area contributed by atoms with Crippen molar-refractivity contribution in [1.29, 1.82) is 0 Å². The van der Waals surface area contributed by atoms with Crippen molar-refractivity contribution >= 4 is 17.9 Å². The van der Waals surface area contributed by atoms with Gasteiger partial charge >= 0.3 is 6.09 Å². The van der Waals surface area contributed by atoms with Gasteiger partial charge < -0.3 is 15.8 Å². The average Bonchev–Trinajstić information content (AvgIpc) is 2.68. The highest BCUT2D eigenvalue weighted by Gasteiger charge is 2.35. The molecular formula is C12H22N4O4. The lowest BCUT2D eigenvalue weighted by Gasteiger charge is -2.29. The molecule has 20 heavy (non-hydrogen) atoms. The highest BCUT2D eigenvalue weighted by molar-refractivity contribution is 5.86. The third-order valence-corrected chi connectivity index (χ3v) is 2.94. The van der Waals surface area contributed by atoms with E-state index in [1.807, 2.05) is 0 Å². The SMILES string of the molecule is CC(C)(C)OC(=O)N(N)[C@@H](C[C@@H]1CCNC1=O)C(N)=O. The normalized spacial score (nSPS) is 20.2. The Balaban J connectivity index is 2.72. The number of ether oxygens (including phenoxy) is 1. The van der Waals surface area contributed by atoms with E-state index < -0.39 is 23.6 Å². The van der Waals surface area contributed by atoms with Gasteiger partial charge in [-0.25, -0.2) is 15.6 Å². The first-order valence-electron chi connectivity index (χ1n) is 6.45. The average molecular weight is 286 g/mol. The summed E-state index contributed by atoms with van der Waals surface area (Å²) in [5.41, 5.74) is 4.53. The molecule has 0 aliphatic carbocycles. The summed E-state index contributed by atoms with van der Waals surface area (Å²) >= 11 is 0. The molecule has 1 saturated heterocycles. The largest absolute Gasteiger partial charge is 0.443 e. The summed E-state index contributed by atoms with van der Waals surface area (Å²) in [5, 5.41) is 3.32. The number of nitrogens with two attached hydrogens (primary N) is 2. The van der Waals surface area contributed by atoms with Gasteiger partial charge in [0.25, 0.3) is 0 Å². The van der Waals surface area contributed by atoms with E-state index in [4.69, 9.17) is 16.3 Å². The van der Waals surface area contributed by atoms with Crippen molar-refractivity contribution in [3.63, 3.8) is 0 Å². The fourth-order valence-corrected chi connectivity index (χ4v) is 1.95. The first-order chi connectivity index (χ1) is 9.11. The zero-order valence-electron chi connectivity index (χ0n) is 12.0. The van der Waals surface area contributed by atoms with Gasteiger partial charge in [0.2, 0.25) is 11.8 Å². The van der Waals surface area contributed by atoms with Crippen LogP contribution in [0.25, 0.3) is 0 Å². The summed E-state index contributed by atoms with van der Waals surface area (Å²) in [6, 6.07) is -1.07. The first kappa shape index (κ1) is 16.2. The monoisotopic (exact) mass is 286 g/mol. The summed E-state index contributed by atoms with van der Waals surface area (Å²) < 4.78 is 5.08. The Bertz CT molecular complexity index is 405. The van der Waals surface area contributed by atoms with Crippen molar-refractivity contribution in [3.8, 4) is 0 Å². The summed E-state index contributed by atoms with van der Waals surface area (Å²) in [4.78, 5) is 34.8. The molecular weight excluding hydrogens is 264 g/mol. The molecule has 0 unspecified atom stereocenters. The standard InChI is InChI=1S/C12H22N4O4/c1-12(2,3)20-11(19)16(14)8(9(13)17)6-7-4-5-15-10(7)18/h7-8H,4-6,14H2,1-3H3,(H2,13,17)(H,15,18)/t7-,8-/m0/s1. The van der Waals surface area contributed by atoms with Crippen molar-refractivity contribution < 1.29 is 19.1 Å². The molecule has 0 spiro atoms. The van der Waals surface area contributed by atoms with E-state index in [1.54, 1.807) is 20.8 Å². The van der Waals surface area contributed by atoms with Crippen LogP contribution in [-0.2, 0) is 14.3 Å². The molecule has 0 aromatic rings. The lowest BCUT2D eigenvalue weighted by Crippen LogP contribution is -2.54. The second-order valence-corrected chi connectivity index (χ2v) is 5.82. The Morgan fingerprint density at radius 2 is 2.10 bits per heavy atom. The van der Waals surface area contributed by atoms with Crippen LogP contribution >= 0.6 is 0 Å². The van der Waals surface area contributed by atoms with E-state index in [1.165, 1.54) is 0 Å². The van der Waals surface area contributed by atoms with Crippen LogP contribution < -0.4 is 16.9 Å². The van der Waals surface area contributed by atoms with E-state index in [9.17, 15) is 14.4 Å². The Kier molecular flexibility index (Phi) is 4.93. The fraction of sp³-hybridized carbons (Fsp3) is 0.750. The van der Waals surface area contributed by atoms with Gasteiger partial charge in [-0.2, -0.15) is 0 Å². The molecule has 0 aromatic carbocycles. The molecule has 8 nitrogen and oxygen atoms in total. The Morgan fingerprint density at radius 3 is 2.50 bits per heavy atom. The number of carbonyl (C=O) groups is 3. The van der Waals surface area contributed by atoms with E-state index in [2.05, 4.69) is 5.32 Å². The van der Waals surface area contributed by atoms with Gasteiger partial charge in [0.15, 0.2) is 0 Å². The molecule has 114 valence electrons. The second kappa shape index (κ2) is 6.08. The van der Waals surface area contributed by atoms with Gasteiger partial charge in [-0.3, -0.25) is 9.59 Å². The van der Waals surface area contributed by atoms with Crippen LogP contribution in [0, 0.1) is 5.92 Å². The van der Waals surface area contributed by atoms with Gasteiger partial charge in [0.1, 0.15) is 11.6 Å². The molecule has 3 amide bonds. The van der Waals surface area contributed by atoms with Crippen molar-refractivity contribution in [2.75, 3.05) is 6.54 Å². The molecule has 5 N–H and O–H groups in total. The minimum Gasteiger partial charge on any atom is -0.443 e. The van der Waals surface area contributed by atoms with Crippen LogP contribution in [-0.4, -0.2) is 41.1 Å². The third kappa shape index (κ3) is 4.37. The zero-order valence-corrected chi connectivity index (χ0v) is 12.0. The summed E-state index contributed by atoms with van der Waals surface area (Å²) in [5.74, 6) is 4.32. The Morgan fingerprint density at radius 1 is 1.50 bits per heavy atom. The number of hydrogen-bond donors (Lipinski definition) is 3. The number of carbonyl (C=O) groups excluding carboxylic acids is 3. The Hall–Kier alpha value is -1.83. The molecule has 0 aromatic heterocycles. The summed E-state index contributed by atoms with van der Waals surface area (Å²) in [7, 11) is 0. The van der Waals surface area contributed by atoms with Crippen LogP contribution in [0.2, 0.25) is 0 Å². The molecule has 1 rings (SSSR count). The summed E-state index contributed by atoms with van der Waals surface area (Å²) in [6.07, 6.45) is -0.165. The smallest absolute Gasteiger partial charge is 0.425 e. The van der Waals surface area contributed by atoms with Crippen molar-refractivity contribution in [2.45, 2.75) is 45.3 Å². The van der Waals surface area contributed by atoms with E-state index in [-0.39, 0.29) is 18.2 Å². The highest BCUT2D eigenvalue weighted by atomic mass is 16.6. The maximum atomic E-state index is 11.8. The lowest BCUT2D eigenvalue weighted by atomic mass is 9.98. The number of hydrogen-bond acceptors (Lipinski definition) is 5. The maximum Gasteiger partial charge on any atom is 0.425 e. The molecule has 1 aliphatic rings. The molecule has 1 aliphatic heterocycles. The Labute approximate surface area is 117 Å². The lowest BCUT2D eigenvalue weighted by molar-refractivity contribution is -0.126. The predicted molar refractivity (Wildman–Crippen MR) is 71.0 cm³/mol. The predicted octanol–water partition coefficient (Wildman–Crippen LogP) is -0.523. The maximum absolute atomic E-state index is 11.8. The van der Waals surface area contributed by atoms with E-state index in [0.29, 0.717) is 18.0 Å². The number of amides is 3. The number of primary amides is 1. The second-order valence-electron chi connectivity index (χ2n) is 5.82. The molecule has 1 heterocycles. The van der Waals surface area contributed by atoms with Crippen LogP contribution in [0.3, 0.4) is 0 Å². The van der Waals surface area contributed by atoms with Gasteiger partial charge in [-0.05, 0) is 33.6 Å². The van der Waals surface area contributed by atoms with Gasteiger partial charge in [0, 0.05) is 12.5 Å². The van der Waals surface area contributed by atoms with E-state index >= 15 is 0 Å². The van der Waals surface area contributed by atoms with Crippen LogP contribution in [0.1, 0.15) is 33.6 Å². The number of nitrogens with zero attached hydrogens (tertiary/aromatic N) is 1. The van der Waals surface area contributed by atoms with Crippen molar-refractivity contribution in [1.82, 2.24) is 10.3 Å². The summed E-state index contributed by atoms with van der Waals surface area (Å²) in [6.45, 7) is 5.60. The number of nitrogens with one attached hydrogen (secondary N) is 1. The van der Waals surface area contributed by atoms with Crippen LogP contribution in [0.5, 0.6) is 0 Å². The zero-order chi connectivity index (χ0) is 15.5. The molecule has 0 bridgehead atoms. The van der Waals surface area contributed by atoms with Crippen molar-refractivity contribution in [3.05, 3.63) is 0 Å². The van der Waals surface area contributed by atoms with Crippen LogP contribution in [0.15, 0.2) is 0 Å². The first-order valence-corrected chi connectivity index (χ1v) is 6.45. The van der Waals surface area contributed by atoms with Gasteiger partial charge in [-0.15, -0.1) is 0 Å². The molecule has 0 saturated carbocycles. The number of rotatable bonds is 4. The third-order valence-electron chi connectivity index (χ3n) is 2.94. The molecule has 0 radical (unpaired) electrons. The van der Waals surface area contributed by atoms with Crippen LogP contribution in [0.4, 0.5) is 4.79 Å². The van der Waals surface area contributed by atoms with E-state index in [0.717, 1.165) is 0 Å². The minimum absolute atomic E-state index is 0.0942. The van der Waals surface area contributed by atoms with Gasteiger partial charge in [-0.1, -0.05) is 0 Å². The number of hydrazine groups is 1. The van der Waals surface area contributed by atoms with Gasteiger partial charge in [0.05, 0.1) is 0 Å².